The highest BCUT2D eigenvalue weighted by Crippen LogP contribution is 2.32. The summed E-state index contributed by atoms with van der Waals surface area (Å²) in [5.74, 6) is 0.719. The van der Waals surface area contributed by atoms with Gasteiger partial charge in [0.1, 0.15) is 6.33 Å². The molecule has 2 aromatic carbocycles. The molecule has 4 rings (SSSR count). The number of nitrogens with one attached hydrogen (secondary N) is 1. The minimum atomic E-state index is 0.657. The summed E-state index contributed by atoms with van der Waals surface area (Å²) in [6, 6.07) is 13.9. The van der Waals surface area contributed by atoms with E-state index in [-0.39, 0.29) is 0 Å². The number of rotatable bonds is 3. The van der Waals surface area contributed by atoms with Crippen LogP contribution >= 0.6 is 11.6 Å². The second-order valence-electron chi connectivity index (χ2n) is 5.20. The van der Waals surface area contributed by atoms with Gasteiger partial charge in [0.25, 0.3) is 0 Å². The predicted octanol–water partition coefficient (Wildman–Crippen LogP) is 4.03. The third-order valence-corrected chi connectivity index (χ3v) is 3.94. The molecule has 0 saturated heterocycles. The first kappa shape index (κ1) is 14.0. The minimum Gasteiger partial charge on any atom is -0.367 e. The standard InChI is InChI=1S/C17H14ClN5/c1-2-19-16-17-22-20-10-23(17)14-9-12(18)8-13(15(14)21-16)11-6-4-3-5-7-11/h3-10H,2H2,1H3,(H,19,21). The van der Waals surface area contributed by atoms with Gasteiger partial charge in [-0.05, 0) is 24.6 Å². The number of benzene rings is 2. The highest BCUT2D eigenvalue weighted by Gasteiger charge is 2.14. The van der Waals surface area contributed by atoms with Gasteiger partial charge in [0, 0.05) is 17.1 Å². The van der Waals surface area contributed by atoms with Crippen LogP contribution < -0.4 is 5.32 Å². The average Bonchev–Trinajstić information content (AvgIpc) is 3.06. The summed E-state index contributed by atoms with van der Waals surface area (Å²) >= 11 is 6.34. The predicted molar refractivity (Wildman–Crippen MR) is 92.9 cm³/mol. The zero-order chi connectivity index (χ0) is 15.8. The molecule has 0 atom stereocenters. The van der Waals surface area contributed by atoms with Gasteiger partial charge in [-0.3, -0.25) is 4.40 Å². The van der Waals surface area contributed by atoms with Crippen molar-refractivity contribution in [1.29, 1.82) is 0 Å². The van der Waals surface area contributed by atoms with Gasteiger partial charge in [0.15, 0.2) is 5.82 Å². The third-order valence-electron chi connectivity index (χ3n) is 3.73. The normalized spacial score (nSPS) is 11.2. The van der Waals surface area contributed by atoms with Crippen LogP contribution in [0, 0.1) is 0 Å². The van der Waals surface area contributed by atoms with Crippen LogP contribution in [0.3, 0.4) is 0 Å². The molecule has 23 heavy (non-hydrogen) atoms. The first-order chi connectivity index (χ1) is 11.3. The molecule has 0 fully saturated rings. The summed E-state index contributed by atoms with van der Waals surface area (Å²) < 4.78 is 1.92. The number of fused-ring (bicyclic) bond motifs is 3. The lowest BCUT2D eigenvalue weighted by atomic mass is 10.0. The highest BCUT2D eigenvalue weighted by molar-refractivity contribution is 6.31. The Morgan fingerprint density at radius 2 is 2.00 bits per heavy atom. The SMILES string of the molecule is CCNc1nc2c(-c3ccccc3)cc(Cl)cc2n2cnnc12. The summed E-state index contributed by atoms with van der Waals surface area (Å²) in [5, 5.41) is 12.1. The van der Waals surface area contributed by atoms with Gasteiger partial charge in [-0.2, -0.15) is 0 Å². The summed E-state index contributed by atoms with van der Waals surface area (Å²) in [7, 11) is 0. The van der Waals surface area contributed by atoms with E-state index in [1.54, 1.807) is 6.33 Å². The molecular weight excluding hydrogens is 310 g/mol. The number of hydrogen-bond donors (Lipinski definition) is 1. The Morgan fingerprint density at radius 3 is 2.78 bits per heavy atom. The van der Waals surface area contributed by atoms with Gasteiger partial charge >= 0.3 is 0 Å². The number of halogens is 1. The van der Waals surface area contributed by atoms with Crippen LogP contribution in [0.2, 0.25) is 5.02 Å². The van der Waals surface area contributed by atoms with Crippen molar-refractivity contribution in [3.8, 4) is 11.1 Å². The summed E-state index contributed by atoms with van der Waals surface area (Å²) in [4.78, 5) is 4.79. The molecule has 4 aromatic rings. The molecule has 6 heteroatoms. The number of anilines is 1. The van der Waals surface area contributed by atoms with Crippen molar-refractivity contribution in [2.75, 3.05) is 11.9 Å². The van der Waals surface area contributed by atoms with Crippen molar-refractivity contribution in [2.45, 2.75) is 6.92 Å². The number of hydrogen-bond acceptors (Lipinski definition) is 4. The second-order valence-corrected chi connectivity index (χ2v) is 5.64. The first-order valence-corrected chi connectivity index (χ1v) is 7.78. The van der Waals surface area contributed by atoms with E-state index in [0.717, 1.165) is 34.5 Å². The maximum absolute atomic E-state index is 6.34. The van der Waals surface area contributed by atoms with E-state index in [1.165, 1.54) is 0 Å². The van der Waals surface area contributed by atoms with Gasteiger partial charge in [0.05, 0.1) is 11.0 Å². The van der Waals surface area contributed by atoms with Crippen LogP contribution in [-0.2, 0) is 0 Å². The molecule has 0 radical (unpaired) electrons. The maximum atomic E-state index is 6.34. The zero-order valence-electron chi connectivity index (χ0n) is 12.5. The maximum Gasteiger partial charge on any atom is 0.203 e. The smallest absolute Gasteiger partial charge is 0.203 e. The van der Waals surface area contributed by atoms with Crippen LogP contribution in [0.4, 0.5) is 5.82 Å². The monoisotopic (exact) mass is 323 g/mol. The molecule has 2 heterocycles. The van der Waals surface area contributed by atoms with Crippen molar-refractivity contribution in [1.82, 2.24) is 19.6 Å². The molecule has 0 amide bonds. The molecule has 0 saturated carbocycles. The van der Waals surface area contributed by atoms with E-state index in [1.807, 2.05) is 41.7 Å². The molecule has 0 aliphatic heterocycles. The summed E-state index contributed by atoms with van der Waals surface area (Å²) in [6.07, 6.45) is 1.69. The number of nitrogens with zero attached hydrogens (tertiary/aromatic N) is 4. The molecule has 0 aliphatic carbocycles. The molecule has 114 valence electrons. The third kappa shape index (κ3) is 2.29. The quantitative estimate of drug-likeness (QED) is 0.618. The number of aromatic nitrogens is 4. The molecular formula is C17H14ClN5. The lowest BCUT2D eigenvalue weighted by Crippen LogP contribution is -2.04. The largest absolute Gasteiger partial charge is 0.367 e. The Morgan fingerprint density at radius 1 is 1.17 bits per heavy atom. The van der Waals surface area contributed by atoms with Gasteiger partial charge in [-0.15, -0.1) is 10.2 Å². The first-order valence-electron chi connectivity index (χ1n) is 7.40. The van der Waals surface area contributed by atoms with Gasteiger partial charge in [-0.1, -0.05) is 41.9 Å². The highest BCUT2D eigenvalue weighted by atomic mass is 35.5. The molecule has 0 aliphatic rings. The van der Waals surface area contributed by atoms with Crippen molar-refractivity contribution in [3.05, 3.63) is 53.8 Å². The lowest BCUT2D eigenvalue weighted by molar-refractivity contribution is 1.10. The van der Waals surface area contributed by atoms with E-state index < -0.39 is 0 Å². The van der Waals surface area contributed by atoms with E-state index in [9.17, 15) is 0 Å². The molecule has 2 aromatic heterocycles. The summed E-state index contributed by atoms with van der Waals surface area (Å²) in [6.45, 7) is 2.79. The minimum absolute atomic E-state index is 0.657. The topological polar surface area (TPSA) is 55.1 Å². The van der Waals surface area contributed by atoms with Crippen molar-refractivity contribution in [2.24, 2.45) is 0 Å². The van der Waals surface area contributed by atoms with E-state index in [2.05, 4.69) is 27.6 Å². The van der Waals surface area contributed by atoms with Crippen molar-refractivity contribution >= 4 is 34.1 Å². The second kappa shape index (κ2) is 5.52. The molecule has 5 nitrogen and oxygen atoms in total. The Labute approximate surface area is 137 Å². The van der Waals surface area contributed by atoms with Crippen LogP contribution in [-0.4, -0.2) is 26.1 Å². The fourth-order valence-electron chi connectivity index (χ4n) is 2.74. The van der Waals surface area contributed by atoms with E-state index in [0.29, 0.717) is 10.7 Å². The van der Waals surface area contributed by atoms with Gasteiger partial charge in [0.2, 0.25) is 5.65 Å². The molecule has 1 N–H and O–H groups in total. The fourth-order valence-corrected chi connectivity index (χ4v) is 2.96. The van der Waals surface area contributed by atoms with Crippen LogP contribution in [0.1, 0.15) is 6.92 Å². The van der Waals surface area contributed by atoms with Crippen molar-refractivity contribution in [3.63, 3.8) is 0 Å². The lowest BCUT2D eigenvalue weighted by Gasteiger charge is -2.12. The van der Waals surface area contributed by atoms with E-state index in [4.69, 9.17) is 16.6 Å². The Bertz CT molecular complexity index is 994. The van der Waals surface area contributed by atoms with Gasteiger partial charge < -0.3 is 5.32 Å². The van der Waals surface area contributed by atoms with Crippen LogP contribution in [0.25, 0.3) is 27.8 Å². The Kier molecular flexibility index (Phi) is 3.35. The summed E-state index contributed by atoms with van der Waals surface area (Å²) in [5.41, 5.74) is 4.51. The van der Waals surface area contributed by atoms with Crippen LogP contribution in [0.15, 0.2) is 48.8 Å². The molecule has 0 unspecified atom stereocenters. The van der Waals surface area contributed by atoms with Crippen molar-refractivity contribution < 1.29 is 0 Å². The van der Waals surface area contributed by atoms with E-state index >= 15 is 0 Å². The fraction of sp³-hybridized carbons (Fsp3) is 0.118. The molecule has 0 spiro atoms. The Balaban J connectivity index is 2.13. The zero-order valence-corrected chi connectivity index (χ0v) is 13.2. The van der Waals surface area contributed by atoms with Crippen LogP contribution in [0.5, 0.6) is 0 Å². The Hall–Kier alpha value is -2.66. The molecule has 0 bridgehead atoms. The average molecular weight is 324 g/mol. The van der Waals surface area contributed by atoms with Gasteiger partial charge in [-0.25, -0.2) is 4.98 Å².